The van der Waals surface area contributed by atoms with Crippen LogP contribution in [0.2, 0.25) is 0 Å². The molecule has 92 valence electrons. The van der Waals surface area contributed by atoms with E-state index in [4.69, 9.17) is 4.74 Å². The number of nitrogens with one attached hydrogen (secondary N) is 1. The summed E-state index contributed by atoms with van der Waals surface area (Å²) >= 11 is 1.79. The van der Waals surface area contributed by atoms with Crippen molar-refractivity contribution in [1.82, 2.24) is 10.3 Å². The van der Waals surface area contributed by atoms with Gasteiger partial charge in [-0.25, -0.2) is 4.98 Å². The minimum atomic E-state index is 0.156. The van der Waals surface area contributed by atoms with Gasteiger partial charge in [-0.3, -0.25) is 0 Å². The summed E-state index contributed by atoms with van der Waals surface area (Å²) in [6.45, 7) is 10.3. The van der Waals surface area contributed by atoms with Crippen molar-refractivity contribution in [3.8, 4) is 0 Å². The molecule has 0 aliphatic rings. The molecule has 0 saturated heterocycles. The lowest BCUT2D eigenvalue weighted by Gasteiger charge is -2.19. The van der Waals surface area contributed by atoms with Crippen LogP contribution < -0.4 is 5.32 Å². The first-order valence-corrected chi connectivity index (χ1v) is 6.43. The highest BCUT2D eigenvalue weighted by Gasteiger charge is 2.12. The summed E-state index contributed by atoms with van der Waals surface area (Å²) in [5, 5.41) is 4.66. The van der Waals surface area contributed by atoms with Gasteiger partial charge in [0, 0.05) is 30.5 Å². The molecule has 1 rings (SSSR count). The number of nitrogens with zero attached hydrogens (tertiary/aromatic N) is 1. The van der Waals surface area contributed by atoms with Crippen molar-refractivity contribution in [1.29, 1.82) is 0 Å². The third-order valence-electron chi connectivity index (χ3n) is 2.24. The first kappa shape index (κ1) is 13.6. The Morgan fingerprint density at radius 1 is 1.38 bits per heavy atom. The molecule has 0 fully saturated rings. The first-order valence-electron chi connectivity index (χ1n) is 5.61. The van der Waals surface area contributed by atoms with E-state index in [-0.39, 0.29) is 5.54 Å². The second-order valence-electron chi connectivity index (χ2n) is 4.96. The Kier molecular flexibility index (Phi) is 4.89. The number of hydrogen-bond donors (Lipinski definition) is 1. The Balaban J connectivity index is 2.56. The van der Waals surface area contributed by atoms with Crippen molar-refractivity contribution in [3.63, 3.8) is 0 Å². The van der Waals surface area contributed by atoms with Crippen molar-refractivity contribution in [2.24, 2.45) is 0 Å². The highest BCUT2D eigenvalue weighted by atomic mass is 32.1. The molecule has 0 atom stereocenters. The van der Waals surface area contributed by atoms with Crippen LogP contribution in [0.4, 0.5) is 0 Å². The van der Waals surface area contributed by atoms with Crippen molar-refractivity contribution < 1.29 is 4.74 Å². The van der Waals surface area contributed by atoms with Crippen molar-refractivity contribution in [3.05, 3.63) is 15.6 Å². The van der Waals surface area contributed by atoms with Crippen molar-refractivity contribution >= 4 is 11.3 Å². The summed E-state index contributed by atoms with van der Waals surface area (Å²) in [7, 11) is 1.72. The predicted octanol–water partition coefficient (Wildman–Crippen LogP) is 2.53. The number of hydrogen-bond acceptors (Lipinski definition) is 4. The molecule has 0 aromatic carbocycles. The molecule has 0 bridgehead atoms. The van der Waals surface area contributed by atoms with Gasteiger partial charge in [0.15, 0.2) is 0 Å². The lowest BCUT2D eigenvalue weighted by molar-refractivity contribution is 0.202. The molecule has 16 heavy (non-hydrogen) atoms. The van der Waals surface area contributed by atoms with Crippen LogP contribution >= 0.6 is 11.3 Å². The van der Waals surface area contributed by atoms with Gasteiger partial charge in [-0.2, -0.15) is 0 Å². The molecular formula is C12H22N2OS. The van der Waals surface area contributed by atoms with E-state index in [1.54, 1.807) is 18.4 Å². The van der Waals surface area contributed by atoms with E-state index in [0.29, 0.717) is 0 Å². The minimum Gasteiger partial charge on any atom is -0.384 e. The summed E-state index contributed by atoms with van der Waals surface area (Å²) in [6, 6.07) is 0. The lowest BCUT2D eigenvalue weighted by Crippen LogP contribution is -2.34. The second kappa shape index (κ2) is 5.75. The zero-order chi connectivity index (χ0) is 12.2. The van der Waals surface area contributed by atoms with Crippen LogP contribution in [0.3, 0.4) is 0 Å². The highest BCUT2D eigenvalue weighted by molar-refractivity contribution is 7.11. The van der Waals surface area contributed by atoms with Crippen LogP contribution in [0.5, 0.6) is 0 Å². The Morgan fingerprint density at radius 2 is 2.06 bits per heavy atom. The van der Waals surface area contributed by atoms with E-state index in [0.717, 1.165) is 25.3 Å². The van der Waals surface area contributed by atoms with Crippen molar-refractivity contribution in [2.45, 2.75) is 46.2 Å². The summed E-state index contributed by atoms with van der Waals surface area (Å²) < 4.78 is 5.06. The van der Waals surface area contributed by atoms with E-state index in [1.165, 1.54) is 9.88 Å². The Hall–Kier alpha value is -0.450. The minimum absolute atomic E-state index is 0.156. The van der Waals surface area contributed by atoms with Crippen LogP contribution in [0.15, 0.2) is 0 Å². The van der Waals surface area contributed by atoms with Crippen molar-refractivity contribution in [2.75, 3.05) is 13.7 Å². The van der Waals surface area contributed by atoms with Gasteiger partial charge in [-0.15, -0.1) is 11.3 Å². The van der Waals surface area contributed by atoms with E-state index in [2.05, 4.69) is 38.0 Å². The third kappa shape index (κ3) is 4.60. The average molecular weight is 242 g/mol. The molecule has 0 aliphatic carbocycles. The lowest BCUT2D eigenvalue weighted by atomic mass is 10.1. The van der Waals surface area contributed by atoms with E-state index in [1.807, 2.05) is 0 Å². The summed E-state index contributed by atoms with van der Waals surface area (Å²) in [4.78, 5) is 5.88. The molecule has 0 radical (unpaired) electrons. The zero-order valence-corrected chi connectivity index (χ0v) is 11.7. The van der Waals surface area contributed by atoms with Crippen LogP contribution in [0.25, 0.3) is 0 Å². The number of aromatic nitrogens is 1. The molecular weight excluding hydrogens is 220 g/mol. The molecule has 0 spiro atoms. The number of aryl methyl sites for hydroxylation is 1. The maximum Gasteiger partial charge on any atom is 0.0954 e. The van der Waals surface area contributed by atoms with Crippen LogP contribution in [0, 0.1) is 6.92 Å². The molecule has 1 N–H and O–H groups in total. The smallest absolute Gasteiger partial charge is 0.0954 e. The monoisotopic (exact) mass is 242 g/mol. The summed E-state index contributed by atoms with van der Waals surface area (Å²) in [5.74, 6) is 0. The topological polar surface area (TPSA) is 34.1 Å². The van der Waals surface area contributed by atoms with Crippen LogP contribution in [0.1, 0.15) is 36.3 Å². The van der Waals surface area contributed by atoms with Gasteiger partial charge in [-0.1, -0.05) is 0 Å². The van der Waals surface area contributed by atoms with E-state index < -0.39 is 0 Å². The van der Waals surface area contributed by atoms with Gasteiger partial charge in [0.25, 0.3) is 0 Å². The largest absolute Gasteiger partial charge is 0.384 e. The second-order valence-corrected chi connectivity index (χ2v) is 6.13. The number of ether oxygens (including phenoxy) is 1. The standard InChI is InChI=1S/C12H22N2OS/c1-9-10(8-13-12(2,3)4)16-11(14-9)6-7-15-5/h13H,6-8H2,1-5H3. The van der Waals surface area contributed by atoms with Gasteiger partial charge in [0.2, 0.25) is 0 Å². The molecule has 0 aliphatic heterocycles. The molecule has 0 saturated carbocycles. The number of thiazole rings is 1. The molecule has 0 unspecified atom stereocenters. The fourth-order valence-electron chi connectivity index (χ4n) is 1.29. The van der Waals surface area contributed by atoms with Gasteiger partial charge >= 0.3 is 0 Å². The fourth-order valence-corrected chi connectivity index (χ4v) is 2.28. The predicted molar refractivity (Wildman–Crippen MR) is 69.0 cm³/mol. The fraction of sp³-hybridized carbons (Fsp3) is 0.750. The number of methoxy groups -OCH3 is 1. The molecule has 3 nitrogen and oxygen atoms in total. The van der Waals surface area contributed by atoms with Gasteiger partial charge in [0.1, 0.15) is 0 Å². The van der Waals surface area contributed by atoms with E-state index in [9.17, 15) is 0 Å². The Labute approximate surface area is 102 Å². The van der Waals surface area contributed by atoms with Gasteiger partial charge in [0.05, 0.1) is 17.3 Å². The Bertz CT molecular complexity index is 328. The maximum absolute atomic E-state index is 5.06. The van der Waals surface area contributed by atoms with Gasteiger partial charge in [-0.05, 0) is 27.7 Å². The SMILES string of the molecule is COCCc1nc(C)c(CNC(C)(C)C)s1. The van der Waals surface area contributed by atoms with Crippen LogP contribution in [-0.4, -0.2) is 24.2 Å². The molecule has 1 aromatic heterocycles. The molecule has 0 amide bonds. The molecule has 1 heterocycles. The first-order chi connectivity index (χ1) is 7.42. The maximum atomic E-state index is 5.06. The molecule has 4 heteroatoms. The zero-order valence-electron chi connectivity index (χ0n) is 10.9. The highest BCUT2D eigenvalue weighted by Crippen LogP contribution is 2.19. The average Bonchev–Trinajstić information content (AvgIpc) is 2.52. The normalized spacial score (nSPS) is 12.1. The van der Waals surface area contributed by atoms with Gasteiger partial charge < -0.3 is 10.1 Å². The molecule has 1 aromatic rings. The quantitative estimate of drug-likeness (QED) is 0.861. The summed E-state index contributed by atoms with van der Waals surface area (Å²) in [6.07, 6.45) is 0.914. The summed E-state index contributed by atoms with van der Waals surface area (Å²) in [5.41, 5.74) is 1.30. The van der Waals surface area contributed by atoms with E-state index >= 15 is 0 Å². The Morgan fingerprint density at radius 3 is 2.62 bits per heavy atom. The van der Waals surface area contributed by atoms with Crippen LogP contribution in [-0.2, 0) is 17.7 Å². The number of rotatable bonds is 5. The third-order valence-corrected chi connectivity index (χ3v) is 3.45.